The van der Waals surface area contributed by atoms with E-state index in [-0.39, 0.29) is 11.7 Å². The Kier molecular flexibility index (Phi) is 4.63. The summed E-state index contributed by atoms with van der Waals surface area (Å²) in [5, 5.41) is 0. The molecule has 0 heterocycles. The average Bonchev–Trinajstić information content (AvgIpc) is 2.53. The minimum atomic E-state index is -0.328. The molecule has 0 saturated carbocycles. The molecule has 0 spiro atoms. The van der Waals surface area contributed by atoms with E-state index in [2.05, 4.69) is 5.48 Å². The number of benzene rings is 2. The van der Waals surface area contributed by atoms with Crippen molar-refractivity contribution < 1.29 is 14.4 Å². The van der Waals surface area contributed by atoms with Gasteiger partial charge in [0.05, 0.1) is 6.61 Å². The topological polar surface area (TPSA) is 55.4 Å². The van der Waals surface area contributed by atoms with Crippen molar-refractivity contribution in [3.05, 3.63) is 71.3 Å². The fourth-order valence-corrected chi connectivity index (χ4v) is 1.73. The van der Waals surface area contributed by atoms with Crippen molar-refractivity contribution >= 4 is 11.7 Å². The highest BCUT2D eigenvalue weighted by atomic mass is 16.6. The molecule has 0 aliphatic rings. The number of rotatable bonds is 5. The van der Waals surface area contributed by atoms with Gasteiger partial charge in [-0.2, -0.15) is 0 Å². The van der Waals surface area contributed by atoms with Crippen LogP contribution in [0, 0.1) is 0 Å². The van der Waals surface area contributed by atoms with E-state index in [4.69, 9.17) is 4.84 Å². The summed E-state index contributed by atoms with van der Waals surface area (Å²) in [7, 11) is 0. The van der Waals surface area contributed by atoms with E-state index in [1.54, 1.807) is 43.3 Å². The van der Waals surface area contributed by atoms with Crippen LogP contribution in [0.2, 0.25) is 0 Å². The molecule has 0 aliphatic carbocycles. The summed E-state index contributed by atoms with van der Waals surface area (Å²) in [6.07, 6.45) is 0. The molecule has 4 heteroatoms. The van der Waals surface area contributed by atoms with Gasteiger partial charge in [-0.1, -0.05) is 42.5 Å². The molecule has 4 nitrogen and oxygen atoms in total. The van der Waals surface area contributed by atoms with Crippen LogP contribution in [0.1, 0.15) is 33.2 Å². The molecular weight excluding hydrogens is 254 g/mol. The first kappa shape index (κ1) is 14.0. The second-order valence-corrected chi connectivity index (χ2v) is 4.14. The number of nitrogens with one attached hydrogen (secondary N) is 1. The third-order valence-corrected chi connectivity index (χ3v) is 2.75. The fraction of sp³-hybridized carbons (Fsp3) is 0.125. The predicted molar refractivity (Wildman–Crippen MR) is 75.4 cm³/mol. The van der Waals surface area contributed by atoms with E-state index >= 15 is 0 Å². The van der Waals surface area contributed by atoms with Crippen molar-refractivity contribution in [3.8, 4) is 0 Å². The number of hydrogen-bond donors (Lipinski definition) is 1. The zero-order valence-electron chi connectivity index (χ0n) is 11.1. The Morgan fingerprint density at radius 1 is 0.900 bits per heavy atom. The lowest BCUT2D eigenvalue weighted by atomic mass is 10.0. The maximum Gasteiger partial charge on any atom is 0.274 e. The van der Waals surface area contributed by atoms with E-state index in [9.17, 15) is 9.59 Å². The third-order valence-electron chi connectivity index (χ3n) is 2.75. The average molecular weight is 269 g/mol. The SMILES string of the molecule is CCONC(=O)c1ccc(C(=O)c2ccccc2)cc1. The first-order chi connectivity index (χ1) is 9.72. The zero-order chi connectivity index (χ0) is 14.4. The minimum absolute atomic E-state index is 0.0673. The van der Waals surface area contributed by atoms with E-state index in [0.29, 0.717) is 23.3 Å². The Hall–Kier alpha value is -2.46. The van der Waals surface area contributed by atoms with Gasteiger partial charge in [0, 0.05) is 16.7 Å². The molecule has 0 radical (unpaired) electrons. The largest absolute Gasteiger partial charge is 0.289 e. The number of amides is 1. The molecule has 20 heavy (non-hydrogen) atoms. The van der Waals surface area contributed by atoms with Crippen LogP contribution in [0.3, 0.4) is 0 Å². The van der Waals surface area contributed by atoms with Gasteiger partial charge >= 0.3 is 0 Å². The lowest BCUT2D eigenvalue weighted by Crippen LogP contribution is -2.23. The third kappa shape index (κ3) is 3.30. The number of ketones is 1. The Morgan fingerprint density at radius 3 is 2.05 bits per heavy atom. The molecule has 0 aromatic heterocycles. The predicted octanol–water partition coefficient (Wildman–Crippen LogP) is 2.60. The summed E-state index contributed by atoms with van der Waals surface area (Å²) in [5.74, 6) is -0.395. The van der Waals surface area contributed by atoms with Crippen LogP contribution in [-0.4, -0.2) is 18.3 Å². The Bertz CT molecular complexity index is 591. The van der Waals surface area contributed by atoms with Gasteiger partial charge in [0.25, 0.3) is 5.91 Å². The normalized spacial score (nSPS) is 10.1. The number of hydrogen-bond acceptors (Lipinski definition) is 3. The van der Waals surface area contributed by atoms with Crippen molar-refractivity contribution in [3.63, 3.8) is 0 Å². The Morgan fingerprint density at radius 2 is 1.45 bits per heavy atom. The minimum Gasteiger partial charge on any atom is -0.289 e. The molecule has 2 aromatic carbocycles. The summed E-state index contributed by atoms with van der Waals surface area (Å²) < 4.78 is 0. The molecule has 2 rings (SSSR count). The van der Waals surface area contributed by atoms with E-state index < -0.39 is 0 Å². The molecular formula is C16H15NO3. The first-order valence-electron chi connectivity index (χ1n) is 6.34. The highest BCUT2D eigenvalue weighted by Crippen LogP contribution is 2.11. The van der Waals surface area contributed by atoms with E-state index in [1.807, 2.05) is 18.2 Å². The van der Waals surface area contributed by atoms with Gasteiger partial charge in [-0.05, 0) is 19.1 Å². The molecule has 102 valence electrons. The van der Waals surface area contributed by atoms with Crippen LogP contribution in [0.5, 0.6) is 0 Å². The molecule has 0 aliphatic heterocycles. The first-order valence-corrected chi connectivity index (χ1v) is 6.34. The van der Waals surface area contributed by atoms with Gasteiger partial charge in [-0.15, -0.1) is 0 Å². The van der Waals surface area contributed by atoms with Crippen molar-refractivity contribution in [2.24, 2.45) is 0 Å². The highest BCUT2D eigenvalue weighted by Gasteiger charge is 2.10. The van der Waals surface area contributed by atoms with Crippen molar-refractivity contribution in [2.45, 2.75) is 6.92 Å². The summed E-state index contributed by atoms with van der Waals surface area (Å²) in [6.45, 7) is 2.18. The molecule has 0 unspecified atom stereocenters. The van der Waals surface area contributed by atoms with Crippen LogP contribution in [0.4, 0.5) is 0 Å². The lowest BCUT2D eigenvalue weighted by molar-refractivity contribution is 0.0364. The molecule has 0 fully saturated rings. The van der Waals surface area contributed by atoms with E-state index in [1.165, 1.54) is 0 Å². The highest BCUT2D eigenvalue weighted by molar-refractivity contribution is 6.09. The van der Waals surface area contributed by atoms with E-state index in [0.717, 1.165) is 0 Å². The summed E-state index contributed by atoms with van der Waals surface area (Å²) >= 11 is 0. The van der Waals surface area contributed by atoms with Crippen LogP contribution in [-0.2, 0) is 4.84 Å². The van der Waals surface area contributed by atoms with Crippen LogP contribution in [0.15, 0.2) is 54.6 Å². The number of carbonyl (C=O) groups excluding carboxylic acids is 2. The Labute approximate surface area is 117 Å². The second kappa shape index (κ2) is 6.63. The van der Waals surface area contributed by atoms with Gasteiger partial charge in [-0.25, -0.2) is 5.48 Å². The van der Waals surface area contributed by atoms with Crippen LogP contribution >= 0.6 is 0 Å². The zero-order valence-corrected chi connectivity index (χ0v) is 11.1. The standard InChI is InChI=1S/C16H15NO3/c1-2-20-17-16(19)14-10-8-13(9-11-14)15(18)12-6-4-3-5-7-12/h3-11H,2H2,1H3,(H,17,19). The smallest absolute Gasteiger partial charge is 0.274 e. The lowest BCUT2D eigenvalue weighted by Gasteiger charge is -2.05. The van der Waals surface area contributed by atoms with Gasteiger partial charge in [0.15, 0.2) is 5.78 Å². The van der Waals surface area contributed by atoms with Crippen LogP contribution in [0.25, 0.3) is 0 Å². The molecule has 2 aromatic rings. The maximum absolute atomic E-state index is 12.2. The van der Waals surface area contributed by atoms with Crippen molar-refractivity contribution in [1.82, 2.24) is 5.48 Å². The molecule has 0 bridgehead atoms. The quantitative estimate of drug-likeness (QED) is 0.670. The second-order valence-electron chi connectivity index (χ2n) is 4.14. The fourth-order valence-electron chi connectivity index (χ4n) is 1.73. The molecule has 0 saturated heterocycles. The van der Waals surface area contributed by atoms with Gasteiger partial charge in [0.1, 0.15) is 0 Å². The monoisotopic (exact) mass is 269 g/mol. The molecule has 1 amide bonds. The van der Waals surface area contributed by atoms with Gasteiger partial charge < -0.3 is 0 Å². The van der Waals surface area contributed by atoms with Crippen molar-refractivity contribution in [2.75, 3.05) is 6.61 Å². The van der Waals surface area contributed by atoms with Crippen molar-refractivity contribution in [1.29, 1.82) is 0 Å². The summed E-state index contributed by atoms with van der Waals surface area (Å²) in [4.78, 5) is 28.6. The summed E-state index contributed by atoms with van der Waals surface area (Å²) in [5.41, 5.74) is 3.92. The number of carbonyl (C=O) groups is 2. The molecule has 0 atom stereocenters. The van der Waals surface area contributed by atoms with Gasteiger partial charge in [-0.3, -0.25) is 14.4 Å². The van der Waals surface area contributed by atoms with Crippen LogP contribution < -0.4 is 5.48 Å². The number of hydroxylamine groups is 1. The Balaban J connectivity index is 2.12. The van der Waals surface area contributed by atoms with Gasteiger partial charge in [0.2, 0.25) is 0 Å². The molecule has 1 N–H and O–H groups in total. The summed E-state index contributed by atoms with van der Waals surface area (Å²) in [6, 6.07) is 15.5. The maximum atomic E-state index is 12.2.